The molecule has 0 spiro atoms. The second kappa shape index (κ2) is 8.93. The summed E-state index contributed by atoms with van der Waals surface area (Å²) < 4.78 is 0. The van der Waals surface area contributed by atoms with Crippen LogP contribution in [0.5, 0.6) is 0 Å². The lowest BCUT2D eigenvalue weighted by Gasteiger charge is -2.21. The van der Waals surface area contributed by atoms with Crippen molar-refractivity contribution in [3.63, 3.8) is 0 Å². The van der Waals surface area contributed by atoms with Crippen LogP contribution in [-0.2, 0) is 11.3 Å². The summed E-state index contributed by atoms with van der Waals surface area (Å²) in [7, 11) is 0. The molecule has 0 aliphatic rings. The van der Waals surface area contributed by atoms with E-state index >= 15 is 0 Å². The minimum absolute atomic E-state index is 0.0181. The van der Waals surface area contributed by atoms with Crippen molar-refractivity contribution in [3.8, 4) is 6.07 Å². The highest BCUT2D eigenvalue weighted by atomic mass is 32.2. The standard InChI is InChI=1S/C19H19N5OS2/c1-13-14(2)27-19-17(13)18(22-12-23-19)26-11-16(25)24(8-4-6-20)10-15-5-3-7-21-9-15/h3,5,7,9,12H,4,8,10-11H2,1-2H3. The van der Waals surface area contributed by atoms with Crippen LogP contribution in [0, 0.1) is 25.2 Å². The van der Waals surface area contributed by atoms with E-state index in [-0.39, 0.29) is 11.7 Å². The maximum Gasteiger partial charge on any atom is 0.233 e. The third-order valence-electron chi connectivity index (χ3n) is 4.21. The molecule has 3 rings (SSSR count). The SMILES string of the molecule is Cc1sc2ncnc(SCC(=O)N(CCC#N)Cc3cccnc3)c2c1C. The van der Waals surface area contributed by atoms with Crippen molar-refractivity contribution >= 4 is 39.2 Å². The van der Waals surface area contributed by atoms with Crippen LogP contribution in [0.1, 0.15) is 22.4 Å². The Hall–Kier alpha value is -2.50. The van der Waals surface area contributed by atoms with Crippen molar-refractivity contribution in [1.29, 1.82) is 5.26 Å². The Kier molecular flexibility index (Phi) is 6.37. The maximum atomic E-state index is 12.8. The predicted octanol–water partition coefficient (Wildman–Crippen LogP) is 3.74. The first-order valence-corrected chi connectivity index (χ1v) is 10.3. The Balaban J connectivity index is 1.73. The van der Waals surface area contributed by atoms with E-state index in [4.69, 9.17) is 5.26 Å². The molecule has 0 atom stereocenters. The Morgan fingerprint density at radius 2 is 2.22 bits per heavy atom. The third kappa shape index (κ3) is 4.62. The normalized spacial score (nSPS) is 10.7. The lowest BCUT2D eigenvalue weighted by atomic mass is 10.2. The molecule has 1 amide bonds. The molecule has 0 unspecified atom stereocenters. The second-order valence-corrected chi connectivity index (χ2v) is 8.18. The molecule has 0 aromatic carbocycles. The summed E-state index contributed by atoms with van der Waals surface area (Å²) in [6.45, 7) is 4.98. The van der Waals surface area contributed by atoms with Gasteiger partial charge in [0.2, 0.25) is 5.91 Å². The molecule has 3 aromatic heterocycles. The number of amides is 1. The number of thiophene rings is 1. The zero-order valence-corrected chi connectivity index (χ0v) is 16.8. The van der Waals surface area contributed by atoms with Crippen LogP contribution in [0.25, 0.3) is 10.2 Å². The van der Waals surface area contributed by atoms with E-state index < -0.39 is 0 Å². The van der Waals surface area contributed by atoms with Gasteiger partial charge in [-0.1, -0.05) is 17.8 Å². The van der Waals surface area contributed by atoms with Crippen molar-refractivity contribution in [1.82, 2.24) is 19.9 Å². The first-order chi connectivity index (χ1) is 13.1. The Bertz CT molecular complexity index is 981. The number of nitrogens with zero attached hydrogens (tertiary/aromatic N) is 5. The number of fused-ring (bicyclic) bond motifs is 1. The summed E-state index contributed by atoms with van der Waals surface area (Å²) >= 11 is 3.07. The number of hydrogen-bond donors (Lipinski definition) is 0. The van der Waals surface area contributed by atoms with Gasteiger partial charge in [0.1, 0.15) is 16.2 Å². The first-order valence-electron chi connectivity index (χ1n) is 8.47. The highest BCUT2D eigenvalue weighted by Gasteiger charge is 2.17. The Morgan fingerprint density at radius 1 is 1.37 bits per heavy atom. The number of rotatable bonds is 7. The topological polar surface area (TPSA) is 82.8 Å². The van der Waals surface area contributed by atoms with Gasteiger partial charge in [0.05, 0.1) is 18.2 Å². The van der Waals surface area contributed by atoms with Gasteiger partial charge in [0.15, 0.2) is 0 Å². The van der Waals surface area contributed by atoms with Crippen molar-refractivity contribution in [3.05, 3.63) is 46.9 Å². The first kappa shape index (κ1) is 19.3. The lowest BCUT2D eigenvalue weighted by Crippen LogP contribution is -2.32. The maximum absolute atomic E-state index is 12.8. The van der Waals surface area contributed by atoms with Crippen molar-refractivity contribution in [2.24, 2.45) is 0 Å². The van der Waals surface area contributed by atoms with Crippen molar-refractivity contribution in [2.45, 2.75) is 31.8 Å². The van der Waals surface area contributed by atoms with E-state index in [2.05, 4.69) is 34.9 Å². The Labute approximate surface area is 166 Å². The van der Waals surface area contributed by atoms with Gasteiger partial charge < -0.3 is 4.90 Å². The molecular weight excluding hydrogens is 378 g/mol. The van der Waals surface area contributed by atoms with Gasteiger partial charge in [-0.2, -0.15) is 5.26 Å². The van der Waals surface area contributed by atoms with E-state index in [9.17, 15) is 4.79 Å². The smallest absolute Gasteiger partial charge is 0.233 e. The minimum Gasteiger partial charge on any atom is -0.337 e. The number of nitriles is 1. The third-order valence-corrected chi connectivity index (χ3v) is 6.29. The molecule has 0 bridgehead atoms. The molecule has 0 fully saturated rings. The molecule has 3 heterocycles. The van der Waals surface area contributed by atoms with E-state index in [0.29, 0.717) is 19.5 Å². The number of aromatic nitrogens is 3. The van der Waals surface area contributed by atoms with Gasteiger partial charge in [-0.05, 0) is 31.0 Å². The zero-order chi connectivity index (χ0) is 19.2. The summed E-state index contributed by atoms with van der Waals surface area (Å²) in [5, 5.41) is 10.8. The number of carbonyl (C=O) groups excluding carboxylic acids is 1. The summed E-state index contributed by atoms with van der Waals surface area (Å²) in [6, 6.07) is 5.88. The van der Waals surface area contributed by atoms with Crippen LogP contribution >= 0.6 is 23.1 Å². The predicted molar refractivity (Wildman–Crippen MR) is 107 cm³/mol. The second-order valence-electron chi connectivity index (χ2n) is 6.02. The highest BCUT2D eigenvalue weighted by molar-refractivity contribution is 8.00. The molecule has 27 heavy (non-hydrogen) atoms. The number of hydrogen-bond acceptors (Lipinski definition) is 7. The fourth-order valence-electron chi connectivity index (χ4n) is 2.67. The summed E-state index contributed by atoms with van der Waals surface area (Å²) in [6.07, 6.45) is 5.29. The van der Waals surface area contributed by atoms with E-state index in [1.165, 1.54) is 22.2 Å². The molecule has 6 nitrogen and oxygen atoms in total. The van der Waals surface area contributed by atoms with Gasteiger partial charge in [-0.3, -0.25) is 9.78 Å². The molecule has 3 aromatic rings. The van der Waals surface area contributed by atoms with E-state index in [1.54, 1.807) is 35.0 Å². The monoisotopic (exact) mass is 397 g/mol. The van der Waals surface area contributed by atoms with Crippen molar-refractivity contribution < 1.29 is 4.79 Å². The molecule has 0 saturated heterocycles. The molecule has 0 aliphatic carbocycles. The van der Waals surface area contributed by atoms with Crippen LogP contribution < -0.4 is 0 Å². The molecule has 0 aliphatic heterocycles. The van der Waals surface area contributed by atoms with Crippen LogP contribution in [0.2, 0.25) is 0 Å². The van der Waals surface area contributed by atoms with Gasteiger partial charge in [-0.15, -0.1) is 11.3 Å². The summed E-state index contributed by atoms with van der Waals surface area (Å²) in [4.78, 5) is 29.5. The highest BCUT2D eigenvalue weighted by Crippen LogP contribution is 2.34. The van der Waals surface area contributed by atoms with Crippen LogP contribution in [0.15, 0.2) is 35.9 Å². The molecule has 8 heteroatoms. The van der Waals surface area contributed by atoms with Gasteiger partial charge in [0.25, 0.3) is 0 Å². The summed E-state index contributed by atoms with van der Waals surface area (Å²) in [5.41, 5.74) is 2.12. The number of carbonyl (C=O) groups is 1. The van der Waals surface area contributed by atoms with Gasteiger partial charge in [0, 0.05) is 35.7 Å². The average Bonchev–Trinajstić information content (AvgIpc) is 2.98. The van der Waals surface area contributed by atoms with Crippen LogP contribution in [0.4, 0.5) is 0 Å². The van der Waals surface area contributed by atoms with E-state index in [0.717, 1.165) is 20.8 Å². The molecule has 0 N–H and O–H groups in total. The number of thioether (sulfide) groups is 1. The quantitative estimate of drug-likeness (QED) is 0.446. The Morgan fingerprint density at radius 3 is 2.96 bits per heavy atom. The fraction of sp³-hybridized carbons (Fsp3) is 0.316. The van der Waals surface area contributed by atoms with Gasteiger partial charge in [-0.25, -0.2) is 9.97 Å². The van der Waals surface area contributed by atoms with Crippen LogP contribution in [-0.4, -0.2) is 38.1 Å². The number of aryl methyl sites for hydroxylation is 2. The molecular formula is C19H19N5OS2. The number of pyridine rings is 1. The largest absolute Gasteiger partial charge is 0.337 e. The fourth-order valence-corrected chi connectivity index (χ4v) is 4.69. The zero-order valence-electron chi connectivity index (χ0n) is 15.2. The molecule has 0 saturated carbocycles. The van der Waals surface area contributed by atoms with E-state index in [1.807, 2.05) is 12.1 Å². The summed E-state index contributed by atoms with van der Waals surface area (Å²) in [5.74, 6) is 0.252. The molecule has 0 radical (unpaired) electrons. The lowest BCUT2D eigenvalue weighted by molar-refractivity contribution is -0.128. The molecule has 138 valence electrons. The van der Waals surface area contributed by atoms with Crippen molar-refractivity contribution in [2.75, 3.05) is 12.3 Å². The average molecular weight is 398 g/mol. The minimum atomic E-state index is -0.0181. The van der Waals surface area contributed by atoms with Gasteiger partial charge >= 0.3 is 0 Å². The van der Waals surface area contributed by atoms with Crippen LogP contribution in [0.3, 0.4) is 0 Å².